The highest BCUT2D eigenvalue weighted by Crippen LogP contribution is 2.34. The first-order valence-corrected chi connectivity index (χ1v) is 7.75. The molecule has 2 aromatic rings. The molecule has 0 fully saturated rings. The summed E-state index contributed by atoms with van der Waals surface area (Å²) in [5, 5.41) is 23.9. The maximum absolute atomic E-state index is 12.6. The van der Waals surface area contributed by atoms with E-state index in [0.29, 0.717) is 0 Å². The van der Waals surface area contributed by atoms with Gasteiger partial charge >= 0.3 is 0 Å². The topological polar surface area (TPSA) is 156 Å². The molecular formula is C13H10N4O6S. The SMILES string of the molecule is COc1ccc(S(=O)(=O)c2ccc(N=[N+]=[N-])c([N+](=O)[O-])c2)cc1O. The lowest BCUT2D eigenvalue weighted by Crippen LogP contribution is -2.03. The third-order valence-electron chi connectivity index (χ3n) is 3.07. The van der Waals surface area contributed by atoms with Crippen LogP contribution < -0.4 is 4.74 Å². The molecule has 2 rings (SSSR count). The lowest BCUT2D eigenvalue weighted by molar-refractivity contribution is -0.384. The Morgan fingerprint density at radius 1 is 1.25 bits per heavy atom. The number of hydrogen-bond donors (Lipinski definition) is 1. The average molecular weight is 350 g/mol. The first kappa shape index (κ1) is 17.1. The summed E-state index contributed by atoms with van der Waals surface area (Å²) in [5.74, 6) is -0.308. The van der Waals surface area contributed by atoms with Crippen LogP contribution in [0.3, 0.4) is 0 Å². The number of rotatable bonds is 5. The van der Waals surface area contributed by atoms with E-state index in [9.17, 15) is 23.6 Å². The average Bonchev–Trinajstić information content (AvgIpc) is 2.55. The molecule has 0 heterocycles. The summed E-state index contributed by atoms with van der Waals surface area (Å²) in [4.78, 5) is 12.0. The lowest BCUT2D eigenvalue weighted by atomic mass is 10.3. The molecule has 11 heteroatoms. The van der Waals surface area contributed by atoms with Gasteiger partial charge in [0.05, 0.1) is 21.8 Å². The predicted molar refractivity (Wildman–Crippen MR) is 82.0 cm³/mol. The molecule has 0 unspecified atom stereocenters. The first-order chi connectivity index (χ1) is 11.3. The van der Waals surface area contributed by atoms with Crippen molar-refractivity contribution in [3.05, 3.63) is 57.0 Å². The second kappa shape index (κ2) is 6.44. The summed E-state index contributed by atoms with van der Waals surface area (Å²) in [5.41, 5.74) is 7.44. The monoisotopic (exact) mass is 350 g/mol. The molecule has 0 bridgehead atoms. The fourth-order valence-electron chi connectivity index (χ4n) is 1.92. The Hall–Kier alpha value is -3.30. The van der Waals surface area contributed by atoms with Crippen molar-refractivity contribution in [3.63, 3.8) is 0 Å². The molecule has 0 aliphatic heterocycles. The van der Waals surface area contributed by atoms with Gasteiger partial charge in [-0.2, -0.15) is 0 Å². The van der Waals surface area contributed by atoms with Crippen LogP contribution in [-0.4, -0.2) is 25.6 Å². The second-order valence-corrected chi connectivity index (χ2v) is 6.38. The van der Waals surface area contributed by atoms with Crippen molar-refractivity contribution >= 4 is 21.2 Å². The molecule has 0 saturated heterocycles. The molecule has 0 aromatic heterocycles. The van der Waals surface area contributed by atoms with E-state index in [-0.39, 0.29) is 21.2 Å². The maximum Gasteiger partial charge on any atom is 0.280 e. The number of aromatic hydroxyl groups is 1. The summed E-state index contributed by atoms with van der Waals surface area (Å²) in [6.07, 6.45) is 0. The Balaban J connectivity index is 2.61. The molecular weight excluding hydrogens is 340 g/mol. The fourth-order valence-corrected chi connectivity index (χ4v) is 3.22. The zero-order valence-electron chi connectivity index (χ0n) is 12.1. The largest absolute Gasteiger partial charge is 0.504 e. The highest BCUT2D eigenvalue weighted by molar-refractivity contribution is 7.91. The van der Waals surface area contributed by atoms with Crippen LogP contribution in [0.25, 0.3) is 10.4 Å². The number of nitrogens with zero attached hydrogens (tertiary/aromatic N) is 4. The zero-order chi connectivity index (χ0) is 17.9. The van der Waals surface area contributed by atoms with Crippen molar-refractivity contribution in [2.45, 2.75) is 9.79 Å². The third kappa shape index (κ3) is 3.07. The van der Waals surface area contributed by atoms with E-state index in [0.717, 1.165) is 24.3 Å². The molecule has 24 heavy (non-hydrogen) atoms. The number of ether oxygens (including phenoxy) is 1. The van der Waals surface area contributed by atoms with Crippen LogP contribution in [0.15, 0.2) is 51.3 Å². The van der Waals surface area contributed by atoms with E-state index in [4.69, 9.17) is 10.3 Å². The Morgan fingerprint density at radius 2 is 1.88 bits per heavy atom. The normalized spacial score (nSPS) is 10.7. The minimum atomic E-state index is -4.13. The Labute approximate surface area is 135 Å². The number of sulfone groups is 1. The van der Waals surface area contributed by atoms with Crippen LogP contribution in [-0.2, 0) is 9.84 Å². The summed E-state index contributed by atoms with van der Waals surface area (Å²) in [6, 6.07) is 6.33. The van der Waals surface area contributed by atoms with E-state index in [1.165, 1.54) is 19.2 Å². The lowest BCUT2D eigenvalue weighted by Gasteiger charge is -2.08. The van der Waals surface area contributed by atoms with Gasteiger partial charge in [0.1, 0.15) is 5.69 Å². The van der Waals surface area contributed by atoms with Crippen LogP contribution in [0.2, 0.25) is 0 Å². The number of hydrogen-bond acceptors (Lipinski definition) is 7. The van der Waals surface area contributed by atoms with Crippen molar-refractivity contribution < 1.29 is 23.2 Å². The van der Waals surface area contributed by atoms with Crippen molar-refractivity contribution in [1.29, 1.82) is 0 Å². The van der Waals surface area contributed by atoms with Gasteiger partial charge in [-0.05, 0) is 29.8 Å². The summed E-state index contributed by atoms with van der Waals surface area (Å²) >= 11 is 0. The number of methoxy groups -OCH3 is 1. The van der Waals surface area contributed by atoms with Gasteiger partial charge in [-0.3, -0.25) is 10.1 Å². The van der Waals surface area contributed by atoms with E-state index in [2.05, 4.69) is 10.0 Å². The quantitative estimate of drug-likeness (QED) is 0.287. The van der Waals surface area contributed by atoms with E-state index in [1.54, 1.807) is 0 Å². The molecule has 0 aliphatic carbocycles. The smallest absolute Gasteiger partial charge is 0.280 e. The minimum Gasteiger partial charge on any atom is -0.504 e. The van der Waals surface area contributed by atoms with Crippen LogP contribution in [0, 0.1) is 10.1 Å². The molecule has 0 aliphatic rings. The Morgan fingerprint density at radius 3 is 2.42 bits per heavy atom. The van der Waals surface area contributed by atoms with Crippen LogP contribution in [0.5, 0.6) is 11.5 Å². The number of azide groups is 1. The molecule has 0 atom stereocenters. The zero-order valence-corrected chi connectivity index (χ0v) is 13.0. The Kier molecular flexibility index (Phi) is 4.58. The first-order valence-electron chi connectivity index (χ1n) is 6.27. The van der Waals surface area contributed by atoms with Crippen molar-refractivity contribution in [1.82, 2.24) is 0 Å². The molecule has 0 saturated carbocycles. The van der Waals surface area contributed by atoms with Gasteiger partial charge < -0.3 is 9.84 Å². The summed E-state index contributed by atoms with van der Waals surface area (Å²) < 4.78 is 29.9. The molecule has 2 aromatic carbocycles. The van der Waals surface area contributed by atoms with Gasteiger partial charge in [0.25, 0.3) is 5.69 Å². The van der Waals surface area contributed by atoms with Crippen molar-refractivity contribution in [2.24, 2.45) is 5.11 Å². The van der Waals surface area contributed by atoms with Gasteiger partial charge in [-0.25, -0.2) is 8.42 Å². The van der Waals surface area contributed by atoms with Gasteiger partial charge in [-0.1, -0.05) is 5.11 Å². The molecule has 0 spiro atoms. The van der Waals surface area contributed by atoms with Crippen molar-refractivity contribution in [3.8, 4) is 11.5 Å². The van der Waals surface area contributed by atoms with Gasteiger partial charge in [-0.15, -0.1) is 0 Å². The number of nitro benzene ring substituents is 1. The second-order valence-electron chi connectivity index (χ2n) is 4.43. The molecule has 1 N–H and O–H groups in total. The minimum absolute atomic E-state index is 0.0821. The molecule has 124 valence electrons. The standard InChI is InChI=1S/C13H10N4O6S/c1-23-13-5-3-9(7-12(13)18)24(21,22)8-2-4-10(15-16-14)11(6-8)17(19)20/h2-7,18H,1H3. The number of phenols is 1. The predicted octanol–water partition coefficient (Wildman–Crippen LogP) is 3.08. The summed E-state index contributed by atoms with van der Waals surface area (Å²) in [6.45, 7) is 0. The van der Waals surface area contributed by atoms with Crippen LogP contribution in [0.1, 0.15) is 0 Å². The number of nitro groups is 1. The Bertz CT molecular complexity index is 966. The van der Waals surface area contributed by atoms with E-state index < -0.39 is 26.2 Å². The molecule has 0 radical (unpaired) electrons. The summed E-state index contributed by atoms with van der Waals surface area (Å²) in [7, 11) is -2.82. The molecule has 10 nitrogen and oxygen atoms in total. The van der Waals surface area contributed by atoms with Crippen LogP contribution in [0.4, 0.5) is 11.4 Å². The highest BCUT2D eigenvalue weighted by atomic mass is 32.2. The highest BCUT2D eigenvalue weighted by Gasteiger charge is 2.23. The third-order valence-corrected chi connectivity index (χ3v) is 4.82. The van der Waals surface area contributed by atoms with Gasteiger partial charge in [0.15, 0.2) is 11.5 Å². The van der Waals surface area contributed by atoms with Gasteiger partial charge in [0.2, 0.25) is 9.84 Å². The van der Waals surface area contributed by atoms with Crippen molar-refractivity contribution in [2.75, 3.05) is 7.11 Å². The number of benzene rings is 2. The maximum atomic E-state index is 12.6. The molecule has 0 amide bonds. The van der Waals surface area contributed by atoms with Gasteiger partial charge in [0, 0.05) is 17.0 Å². The van der Waals surface area contributed by atoms with Crippen LogP contribution >= 0.6 is 0 Å². The number of phenolic OH excluding ortho intramolecular Hbond substituents is 1. The van der Waals surface area contributed by atoms with E-state index in [1.807, 2.05) is 0 Å². The fraction of sp³-hybridized carbons (Fsp3) is 0.0769. The van der Waals surface area contributed by atoms with E-state index >= 15 is 0 Å².